The molecule has 1 amide bonds. The van der Waals surface area contributed by atoms with E-state index in [2.05, 4.69) is 15.0 Å². The Morgan fingerprint density at radius 3 is 2.48 bits per heavy atom. The van der Waals surface area contributed by atoms with Crippen LogP contribution in [-0.4, -0.2) is 25.4 Å². The number of ether oxygens (including phenoxy) is 1. The summed E-state index contributed by atoms with van der Waals surface area (Å²) in [4.78, 5) is 16.4. The molecule has 0 unspecified atom stereocenters. The van der Waals surface area contributed by atoms with Gasteiger partial charge in [0.25, 0.3) is 15.9 Å². The van der Waals surface area contributed by atoms with Crippen LogP contribution in [0.1, 0.15) is 18.1 Å². The third kappa shape index (κ3) is 5.33. The van der Waals surface area contributed by atoms with Crippen LogP contribution in [0.5, 0.6) is 5.75 Å². The summed E-state index contributed by atoms with van der Waals surface area (Å²) in [6.07, 6.45) is 0.800. The van der Waals surface area contributed by atoms with Crippen molar-refractivity contribution in [3.05, 3.63) is 65.2 Å². The zero-order chi connectivity index (χ0) is 21.0. The molecule has 3 rings (SSSR count). The van der Waals surface area contributed by atoms with Crippen LogP contribution in [0, 0.1) is 13.8 Å². The number of aromatic nitrogens is 1. The van der Waals surface area contributed by atoms with E-state index in [1.54, 1.807) is 12.3 Å². The second-order valence-electron chi connectivity index (χ2n) is 6.49. The van der Waals surface area contributed by atoms with Gasteiger partial charge in [0.15, 0.2) is 11.2 Å². The Hall–Kier alpha value is -2.91. The van der Waals surface area contributed by atoms with E-state index >= 15 is 0 Å². The predicted octanol–water partition coefficient (Wildman–Crippen LogP) is 3.97. The highest BCUT2D eigenvalue weighted by molar-refractivity contribution is 7.93. The van der Waals surface area contributed by atoms with E-state index in [-0.39, 0.29) is 10.8 Å². The Morgan fingerprint density at radius 1 is 1.14 bits per heavy atom. The van der Waals surface area contributed by atoms with Gasteiger partial charge in [0.05, 0.1) is 4.90 Å². The number of nitrogens with one attached hydrogen (secondary N) is 2. The number of hydrogen-bond acceptors (Lipinski definition) is 6. The van der Waals surface area contributed by atoms with Gasteiger partial charge in [-0.15, -0.1) is 11.3 Å². The number of hydrogen-bond donors (Lipinski definition) is 2. The minimum absolute atomic E-state index is 0.0743. The van der Waals surface area contributed by atoms with Crippen molar-refractivity contribution in [3.63, 3.8) is 0 Å². The van der Waals surface area contributed by atoms with Gasteiger partial charge in [-0.3, -0.25) is 9.52 Å². The number of aryl methyl sites for hydroxylation is 2. The molecule has 2 aromatic carbocycles. The predicted molar refractivity (Wildman–Crippen MR) is 114 cm³/mol. The largest absolute Gasteiger partial charge is 0.481 e. The second kappa shape index (κ2) is 8.62. The van der Waals surface area contributed by atoms with Crippen molar-refractivity contribution in [3.8, 4) is 5.75 Å². The first-order chi connectivity index (χ1) is 13.7. The number of carbonyl (C=O) groups is 1. The Bertz CT molecular complexity index is 1100. The Labute approximate surface area is 173 Å². The van der Waals surface area contributed by atoms with Crippen molar-refractivity contribution in [2.45, 2.75) is 31.8 Å². The lowest BCUT2D eigenvalue weighted by Gasteiger charge is -2.16. The quantitative estimate of drug-likeness (QED) is 0.590. The van der Waals surface area contributed by atoms with E-state index in [0.29, 0.717) is 16.6 Å². The average molecular weight is 432 g/mol. The third-order valence-electron chi connectivity index (χ3n) is 4.09. The monoisotopic (exact) mass is 431 g/mol. The summed E-state index contributed by atoms with van der Waals surface area (Å²) >= 11 is 1.19. The molecular weight excluding hydrogens is 410 g/mol. The molecule has 0 radical (unpaired) electrons. The van der Waals surface area contributed by atoms with Crippen LogP contribution in [0.4, 0.5) is 10.8 Å². The molecule has 9 heteroatoms. The minimum Gasteiger partial charge on any atom is -0.481 e. The van der Waals surface area contributed by atoms with Crippen molar-refractivity contribution < 1.29 is 17.9 Å². The molecule has 2 N–H and O–H groups in total. The van der Waals surface area contributed by atoms with Crippen LogP contribution in [0.3, 0.4) is 0 Å². The molecule has 3 aromatic rings. The van der Waals surface area contributed by atoms with E-state index < -0.39 is 16.1 Å². The van der Waals surface area contributed by atoms with Crippen LogP contribution in [0.25, 0.3) is 0 Å². The Kier molecular flexibility index (Phi) is 6.19. The van der Waals surface area contributed by atoms with E-state index in [9.17, 15) is 13.2 Å². The van der Waals surface area contributed by atoms with Gasteiger partial charge in [-0.05, 0) is 56.7 Å². The average Bonchev–Trinajstić information content (AvgIpc) is 3.16. The standard InChI is InChI=1S/C20H21N3O4S2/c1-13-4-9-18(14(2)12-13)27-15(3)19(24)22-16-5-7-17(8-6-16)29(25,26)23-20-21-10-11-28-20/h4-12,15H,1-3H3,(H,21,23)(H,22,24)/t15-/m0/s1. The molecule has 152 valence electrons. The van der Waals surface area contributed by atoms with Crippen LogP contribution in [-0.2, 0) is 14.8 Å². The zero-order valence-electron chi connectivity index (χ0n) is 16.2. The number of thiazole rings is 1. The maximum absolute atomic E-state index is 12.4. The fourth-order valence-electron chi connectivity index (χ4n) is 2.58. The number of carbonyl (C=O) groups excluding carboxylic acids is 1. The fraction of sp³-hybridized carbons (Fsp3) is 0.200. The molecule has 0 aliphatic rings. The van der Waals surface area contributed by atoms with E-state index in [4.69, 9.17) is 4.74 Å². The molecule has 1 atom stereocenters. The molecule has 0 saturated heterocycles. The summed E-state index contributed by atoms with van der Waals surface area (Å²) in [5, 5.41) is 4.70. The first kappa shape index (κ1) is 20.8. The summed E-state index contributed by atoms with van der Waals surface area (Å²) in [6.45, 7) is 5.57. The molecule has 1 aromatic heterocycles. The van der Waals surface area contributed by atoms with E-state index in [0.717, 1.165) is 11.1 Å². The molecule has 0 aliphatic carbocycles. The van der Waals surface area contributed by atoms with Crippen LogP contribution < -0.4 is 14.8 Å². The second-order valence-corrected chi connectivity index (χ2v) is 9.06. The van der Waals surface area contributed by atoms with Gasteiger partial charge in [0.1, 0.15) is 5.75 Å². The molecule has 7 nitrogen and oxygen atoms in total. The van der Waals surface area contributed by atoms with Gasteiger partial charge in [-0.1, -0.05) is 17.7 Å². The van der Waals surface area contributed by atoms with Crippen molar-refractivity contribution in [1.82, 2.24) is 4.98 Å². The summed E-state index contributed by atoms with van der Waals surface area (Å²) in [5.74, 6) is 0.314. The lowest BCUT2D eigenvalue weighted by Crippen LogP contribution is -2.30. The van der Waals surface area contributed by atoms with Crippen molar-refractivity contribution in [2.24, 2.45) is 0 Å². The summed E-state index contributed by atoms with van der Waals surface area (Å²) in [6, 6.07) is 11.6. The number of anilines is 2. The number of rotatable bonds is 7. The first-order valence-corrected chi connectivity index (χ1v) is 11.2. The highest BCUT2D eigenvalue weighted by atomic mass is 32.2. The van der Waals surface area contributed by atoms with Crippen molar-refractivity contribution >= 4 is 38.1 Å². The topological polar surface area (TPSA) is 97.4 Å². The number of benzene rings is 2. The molecular formula is C20H21N3O4S2. The van der Waals surface area contributed by atoms with Gasteiger partial charge in [0, 0.05) is 17.3 Å². The fourth-order valence-corrected chi connectivity index (χ4v) is 4.37. The lowest BCUT2D eigenvalue weighted by molar-refractivity contribution is -0.122. The van der Waals surface area contributed by atoms with Gasteiger partial charge < -0.3 is 10.1 Å². The lowest BCUT2D eigenvalue weighted by atomic mass is 10.1. The molecule has 0 fully saturated rings. The van der Waals surface area contributed by atoms with Crippen LogP contribution in [0.2, 0.25) is 0 Å². The minimum atomic E-state index is -3.73. The van der Waals surface area contributed by atoms with Gasteiger partial charge in [0.2, 0.25) is 0 Å². The third-order valence-corrected chi connectivity index (χ3v) is 6.26. The summed E-state index contributed by atoms with van der Waals surface area (Å²) in [7, 11) is -3.73. The smallest absolute Gasteiger partial charge is 0.265 e. The maximum atomic E-state index is 12.4. The number of nitrogens with zero attached hydrogens (tertiary/aromatic N) is 1. The summed E-state index contributed by atoms with van der Waals surface area (Å²) < 4.78 is 32.8. The molecule has 0 aliphatic heterocycles. The Balaban J connectivity index is 1.63. The molecule has 0 bridgehead atoms. The highest BCUT2D eigenvalue weighted by Crippen LogP contribution is 2.22. The van der Waals surface area contributed by atoms with Crippen molar-refractivity contribution in [2.75, 3.05) is 10.0 Å². The number of amides is 1. The molecule has 0 saturated carbocycles. The molecule has 1 heterocycles. The van der Waals surface area contributed by atoms with E-state index in [1.165, 1.54) is 41.8 Å². The van der Waals surface area contributed by atoms with Gasteiger partial charge in [-0.2, -0.15) is 0 Å². The van der Waals surface area contributed by atoms with Crippen LogP contribution in [0.15, 0.2) is 58.9 Å². The van der Waals surface area contributed by atoms with Crippen LogP contribution >= 0.6 is 11.3 Å². The molecule has 29 heavy (non-hydrogen) atoms. The zero-order valence-corrected chi connectivity index (χ0v) is 17.8. The summed E-state index contributed by atoms with van der Waals surface area (Å²) in [5.41, 5.74) is 2.54. The van der Waals surface area contributed by atoms with E-state index in [1.807, 2.05) is 32.0 Å². The van der Waals surface area contributed by atoms with Gasteiger partial charge in [-0.25, -0.2) is 13.4 Å². The molecule has 0 spiro atoms. The van der Waals surface area contributed by atoms with Gasteiger partial charge >= 0.3 is 0 Å². The Morgan fingerprint density at radius 2 is 1.86 bits per heavy atom. The highest BCUT2D eigenvalue weighted by Gasteiger charge is 2.18. The maximum Gasteiger partial charge on any atom is 0.265 e. The normalized spacial score (nSPS) is 12.2. The number of sulfonamides is 1. The van der Waals surface area contributed by atoms with Crippen molar-refractivity contribution in [1.29, 1.82) is 0 Å². The SMILES string of the molecule is Cc1ccc(O[C@@H](C)C(=O)Nc2ccc(S(=O)(=O)Nc3nccs3)cc2)c(C)c1. The first-order valence-electron chi connectivity index (χ1n) is 8.82.